The highest BCUT2D eigenvalue weighted by molar-refractivity contribution is 6.61. The average Bonchev–Trinajstić information content (AvgIpc) is 1.73. The van der Waals surface area contributed by atoms with Gasteiger partial charge in [-0.3, -0.25) is 0 Å². The number of H-pyrrole nitrogens is 2. The van der Waals surface area contributed by atoms with Crippen LogP contribution in [0.3, 0.4) is 0 Å². The second kappa shape index (κ2) is 25.6. The summed E-state index contributed by atoms with van der Waals surface area (Å²) in [5.41, 5.74) is 20.8. The van der Waals surface area contributed by atoms with Crippen LogP contribution in [-0.4, -0.2) is 47.2 Å². The first-order valence-electron chi connectivity index (χ1n) is 36.9. The molecule has 100 heavy (non-hydrogen) atoms. The number of hydrogen-bond acceptors (Lipinski definition) is 4. The number of aromatic amines is 2. The lowest BCUT2D eigenvalue weighted by molar-refractivity contribution is 0.00578. The van der Waals surface area contributed by atoms with Crippen molar-refractivity contribution in [1.29, 1.82) is 0 Å². The molecular formula is C92H121B2N2O4. The van der Waals surface area contributed by atoms with E-state index in [0.29, 0.717) is 0 Å². The highest BCUT2D eigenvalue weighted by Crippen LogP contribution is 2.50. The predicted molar refractivity (Wildman–Crippen MR) is 435 cm³/mol. The van der Waals surface area contributed by atoms with E-state index in [9.17, 15) is 0 Å². The molecule has 0 unspecified atom stereocenters. The van der Waals surface area contributed by atoms with Crippen molar-refractivity contribution < 1.29 is 18.6 Å². The first-order chi connectivity index (χ1) is 45.6. The van der Waals surface area contributed by atoms with Crippen LogP contribution in [0.1, 0.15) is 266 Å². The summed E-state index contributed by atoms with van der Waals surface area (Å²) in [5.74, 6) is 0. The van der Waals surface area contributed by atoms with Gasteiger partial charge in [-0.05, 0) is 257 Å². The van der Waals surface area contributed by atoms with Crippen molar-refractivity contribution in [2.45, 2.75) is 287 Å². The number of nitrogens with one attached hydrogen (secondary N) is 2. The van der Waals surface area contributed by atoms with Crippen molar-refractivity contribution in [1.82, 2.24) is 9.97 Å². The molecule has 2 fully saturated rings. The molecule has 2 aromatic heterocycles. The second-order valence-electron chi connectivity index (χ2n) is 39.5. The fraction of sp³-hybridized carbons (Fsp3) is 0.478. The van der Waals surface area contributed by atoms with E-state index in [1.165, 1.54) is 129 Å². The molecule has 0 spiro atoms. The van der Waals surface area contributed by atoms with Crippen molar-refractivity contribution in [3.63, 3.8) is 0 Å². The number of rotatable bonds is 5. The van der Waals surface area contributed by atoms with Crippen LogP contribution in [0.15, 0.2) is 140 Å². The molecule has 0 bridgehead atoms. The normalized spacial score (nSPS) is 16.6. The molecule has 10 aromatic rings. The molecule has 2 aliphatic rings. The Morgan fingerprint density at radius 2 is 0.580 bits per heavy atom. The van der Waals surface area contributed by atoms with Crippen LogP contribution in [-0.2, 0) is 61.9 Å². The monoisotopic (exact) mass is 1340 g/mol. The molecule has 0 atom stereocenters. The van der Waals surface area contributed by atoms with E-state index < -0.39 is 18.3 Å². The highest BCUT2D eigenvalue weighted by Gasteiger charge is 2.52. The van der Waals surface area contributed by atoms with Gasteiger partial charge >= 0.3 is 14.8 Å². The molecule has 8 heteroatoms. The third-order valence-corrected chi connectivity index (χ3v) is 22.1. The van der Waals surface area contributed by atoms with Crippen molar-refractivity contribution in [2.75, 3.05) is 0 Å². The fourth-order valence-electron chi connectivity index (χ4n) is 13.5. The van der Waals surface area contributed by atoms with E-state index in [0.717, 1.165) is 17.0 Å². The molecule has 2 aliphatic heterocycles. The summed E-state index contributed by atoms with van der Waals surface area (Å²) in [5, 5.41) is 10.3. The number of hydrogen-bond donors (Lipinski definition) is 2. The zero-order valence-corrected chi connectivity index (χ0v) is 67.6. The summed E-state index contributed by atoms with van der Waals surface area (Å²) in [6.07, 6.45) is 2.04. The Bertz CT molecular complexity index is 4460. The van der Waals surface area contributed by atoms with E-state index in [-0.39, 0.29) is 54.5 Å². The molecule has 0 amide bonds. The zero-order chi connectivity index (χ0) is 74.2. The predicted octanol–water partition coefficient (Wildman–Crippen LogP) is 25.1. The molecule has 0 aliphatic carbocycles. The molecule has 0 saturated carbocycles. The van der Waals surface area contributed by atoms with Crippen molar-refractivity contribution in [2.24, 2.45) is 0 Å². The molecular weight excluding hydrogens is 1220 g/mol. The number of aromatic nitrogens is 2. The molecule has 2 N–H and O–H groups in total. The summed E-state index contributed by atoms with van der Waals surface area (Å²) in [7, 11) is 0.960. The molecule has 6 nitrogen and oxygen atoms in total. The lowest BCUT2D eigenvalue weighted by atomic mass is 9.76. The number of benzene rings is 8. The van der Waals surface area contributed by atoms with E-state index >= 15 is 0 Å². The first kappa shape index (κ1) is 76.0. The first-order valence-corrected chi connectivity index (χ1v) is 36.9. The van der Waals surface area contributed by atoms with Crippen LogP contribution in [0.25, 0.3) is 87.9 Å². The Kier molecular flexibility index (Phi) is 19.5. The maximum atomic E-state index is 6.48. The lowest BCUT2D eigenvalue weighted by Crippen LogP contribution is -2.41. The molecule has 2 saturated heterocycles. The van der Waals surface area contributed by atoms with Gasteiger partial charge in [-0.25, -0.2) is 0 Å². The quantitative estimate of drug-likeness (QED) is 0.133. The van der Waals surface area contributed by atoms with Crippen LogP contribution in [0.5, 0.6) is 0 Å². The van der Waals surface area contributed by atoms with E-state index in [1.807, 2.05) is 33.9 Å². The SMILES string of the molecule is CC(C)(C)c1cc(-c2c3cc(C(C)(C)C)ccc3c(-c3ccc(B4OC(C)(C)C(C)(C)O4)[nH]3)c3ccc(C(C)(C)C)cc23)cc(C(C)(C)C)c1.CC(C)(C)c1cc(-c2c3cc(C(C)(C)C)ccc3c(-c3ccc[nH]3)c3ccc(C(C)(C)C)cc23)cc(C(C)(C)C)c1.CC1(C)O[B]OC1(C)C. The summed E-state index contributed by atoms with van der Waals surface area (Å²) in [6, 6.07) is 52.0. The molecule has 12 rings (SSSR count). The van der Waals surface area contributed by atoms with Crippen molar-refractivity contribution >= 4 is 63.5 Å². The van der Waals surface area contributed by atoms with Crippen molar-refractivity contribution in [3.8, 4) is 44.8 Å². The van der Waals surface area contributed by atoms with Gasteiger partial charge < -0.3 is 28.6 Å². The zero-order valence-electron chi connectivity index (χ0n) is 67.6. The van der Waals surface area contributed by atoms with Gasteiger partial charge in [0.05, 0.1) is 22.4 Å². The minimum absolute atomic E-state index is 0.00284. The Hall–Kier alpha value is -6.67. The lowest BCUT2D eigenvalue weighted by Gasteiger charge is -2.32. The minimum atomic E-state index is -0.457. The smallest absolute Gasteiger partial charge is 0.405 e. The minimum Gasteiger partial charge on any atom is -0.405 e. The summed E-state index contributed by atoms with van der Waals surface area (Å²) < 4.78 is 23.4. The standard InChI is InChI=1S/C46H60BNO2.C40H49N.C6H12BO2/c1-41(2,3)29-17-19-33-35(26-29)39(28-23-31(43(7,8)9)25-32(24-28)44(10,11)12)36-27-30(42(4,5)6)18-20-34(36)40(33)37-21-22-38(48-37)47-49-45(13,14)46(15,16)50-47;1-37(2,3)26-15-17-30-32(23-26)35(25-20-28(39(7,8)9)22-29(21-25)40(10,11)12)33-24-27(38(4,5)6)16-18-31(33)36(30)34-14-13-19-41-34;1-5(2)6(3,4)9-7-8-5/h17-27,48H,1-16H3;13-24,41H,1-12H3;1-4H3. The second-order valence-corrected chi connectivity index (χ2v) is 39.5. The Morgan fingerprint density at radius 3 is 0.830 bits per heavy atom. The van der Waals surface area contributed by atoms with E-state index in [4.69, 9.17) is 18.6 Å². The summed E-state index contributed by atoms with van der Waals surface area (Å²) in [6.45, 7) is 72.2. The third kappa shape index (κ3) is 15.2. The van der Waals surface area contributed by atoms with Gasteiger partial charge in [-0.1, -0.05) is 251 Å². The van der Waals surface area contributed by atoms with Crippen LogP contribution in [0.4, 0.5) is 0 Å². The van der Waals surface area contributed by atoms with Crippen LogP contribution in [0.2, 0.25) is 0 Å². The van der Waals surface area contributed by atoms with E-state index in [2.05, 4.69) is 337 Å². The van der Waals surface area contributed by atoms with Crippen LogP contribution < -0.4 is 5.59 Å². The molecule has 8 aromatic carbocycles. The Labute approximate surface area is 604 Å². The van der Waals surface area contributed by atoms with Gasteiger partial charge in [0.25, 0.3) is 0 Å². The fourth-order valence-corrected chi connectivity index (χ4v) is 13.5. The maximum Gasteiger partial charge on any atom is 0.512 e. The average molecular weight is 1340 g/mol. The largest absolute Gasteiger partial charge is 0.512 e. The summed E-state index contributed by atoms with van der Waals surface area (Å²) >= 11 is 0. The van der Waals surface area contributed by atoms with Crippen LogP contribution >= 0.6 is 0 Å². The van der Waals surface area contributed by atoms with Crippen molar-refractivity contribution in [3.05, 3.63) is 184 Å². The van der Waals surface area contributed by atoms with E-state index in [1.54, 1.807) is 0 Å². The Balaban J connectivity index is 0.000000194. The molecule has 4 heterocycles. The highest BCUT2D eigenvalue weighted by atomic mass is 16.7. The topological polar surface area (TPSA) is 68.5 Å². The van der Waals surface area contributed by atoms with Gasteiger partial charge in [0.1, 0.15) is 0 Å². The third-order valence-electron chi connectivity index (χ3n) is 22.1. The van der Waals surface area contributed by atoms with Gasteiger partial charge in [0, 0.05) is 34.3 Å². The Morgan fingerprint density at radius 1 is 0.290 bits per heavy atom. The van der Waals surface area contributed by atoms with Crippen LogP contribution in [0, 0.1) is 0 Å². The van der Waals surface area contributed by atoms with Gasteiger partial charge in [-0.15, -0.1) is 0 Å². The molecule has 1 radical (unpaired) electrons. The maximum absolute atomic E-state index is 6.48. The summed E-state index contributed by atoms with van der Waals surface area (Å²) in [4.78, 5) is 7.33. The van der Waals surface area contributed by atoms with Gasteiger partial charge in [0.15, 0.2) is 0 Å². The van der Waals surface area contributed by atoms with Gasteiger partial charge in [-0.2, -0.15) is 0 Å². The number of fused-ring (bicyclic) bond motifs is 4. The van der Waals surface area contributed by atoms with Gasteiger partial charge in [0.2, 0.25) is 0 Å². The molecule has 529 valence electrons.